The second-order valence-corrected chi connectivity index (χ2v) is 14.2. The van der Waals surface area contributed by atoms with Gasteiger partial charge in [0.15, 0.2) is 0 Å². The summed E-state index contributed by atoms with van der Waals surface area (Å²) in [5.74, 6) is -2.34. The van der Waals surface area contributed by atoms with Crippen LogP contribution in [0.1, 0.15) is 60.0 Å². The molecule has 57 heavy (non-hydrogen) atoms. The van der Waals surface area contributed by atoms with Crippen LogP contribution in [-0.2, 0) is 56.4 Å². The summed E-state index contributed by atoms with van der Waals surface area (Å²) in [5, 5.41) is 22.4. The first-order chi connectivity index (χ1) is 27.5. The molecule has 0 bridgehead atoms. The molecule has 0 aliphatic heterocycles. The lowest BCUT2D eigenvalue weighted by Gasteiger charge is -2.10. The van der Waals surface area contributed by atoms with E-state index in [9.17, 15) is 27.6 Å². The normalized spacial score (nSPS) is 11.2. The van der Waals surface area contributed by atoms with Crippen molar-refractivity contribution in [2.24, 2.45) is 0 Å². The van der Waals surface area contributed by atoms with Crippen LogP contribution >= 0.6 is 0 Å². The third-order valence-electron chi connectivity index (χ3n) is 7.86. The molecule has 0 atom stereocenters. The monoisotopic (exact) mass is 817 g/mol. The zero-order chi connectivity index (χ0) is 41.1. The minimum Gasteiger partial charge on any atom is -0.489 e. The molecule has 19 heteroatoms. The Kier molecular flexibility index (Phi) is 21.6. The van der Waals surface area contributed by atoms with Crippen molar-refractivity contribution in [1.29, 1.82) is 0 Å². The summed E-state index contributed by atoms with van der Waals surface area (Å²) in [5.41, 5.74) is 2.30. The zero-order valence-electron chi connectivity index (χ0n) is 31.7. The van der Waals surface area contributed by atoms with Gasteiger partial charge in [0.05, 0.1) is 50.1 Å². The number of aromatic nitrogens is 2. The Morgan fingerprint density at radius 2 is 1.21 bits per heavy atom. The summed E-state index contributed by atoms with van der Waals surface area (Å²) in [6, 6.07) is 14.0. The van der Waals surface area contributed by atoms with Gasteiger partial charge >= 0.3 is 11.9 Å². The van der Waals surface area contributed by atoms with Crippen molar-refractivity contribution in [3.8, 4) is 5.75 Å². The molecule has 0 spiro atoms. The molecule has 0 radical (unpaired) electrons. The fourth-order valence-electron chi connectivity index (χ4n) is 4.91. The number of unbranched alkanes of at least 4 members (excludes halogenated alkanes) is 4. The molecule has 0 saturated heterocycles. The van der Waals surface area contributed by atoms with Gasteiger partial charge in [-0.1, -0.05) is 43.5 Å². The summed E-state index contributed by atoms with van der Waals surface area (Å²) in [6.45, 7) is 1.27. The van der Waals surface area contributed by atoms with E-state index in [1.165, 1.54) is 30.1 Å². The van der Waals surface area contributed by atoms with E-state index in [2.05, 4.69) is 37.5 Å². The Balaban J connectivity index is 1.25. The number of anilines is 1. The molecule has 2 aromatic carbocycles. The number of aliphatic carboxylic acids is 2. The lowest BCUT2D eigenvalue weighted by molar-refractivity contribution is -0.143. The molecule has 5 N–H and O–H groups in total. The van der Waals surface area contributed by atoms with E-state index in [0.29, 0.717) is 12.4 Å². The van der Waals surface area contributed by atoms with E-state index in [1.54, 1.807) is 12.1 Å². The van der Waals surface area contributed by atoms with Gasteiger partial charge in [0, 0.05) is 31.9 Å². The van der Waals surface area contributed by atoms with Crippen molar-refractivity contribution in [3.05, 3.63) is 77.6 Å². The Morgan fingerprint density at radius 3 is 1.86 bits per heavy atom. The zero-order valence-corrected chi connectivity index (χ0v) is 32.5. The van der Waals surface area contributed by atoms with Gasteiger partial charge in [0.25, 0.3) is 15.9 Å². The third kappa shape index (κ3) is 20.5. The first-order valence-corrected chi connectivity index (χ1v) is 19.9. The molecule has 0 fully saturated rings. The molecule has 0 aliphatic carbocycles. The molecule has 0 saturated carbocycles. The first-order valence-electron chi connectivity index (χ1n) is 18.5. The molecular weight excluding hydrogens is 767 g/mol. The van der Waals surface area contributed by atoms with Crippen molar-refractivity contribution < 1.29 is 61.5 Å². The second kappa shape index (κ2) is 26.6. The third-order valence-corrected chi connectivity index (χ3v) is 9.21. The highest BCUT2D eigenvalue weighted by Gasteiger charge is 2.17. The van der Waals surface area contributed by atoms with E-state index in [0.717, 1.165) is 44.1 Å². The maximum atomic E-state index is 12.9. The lowest BCUT2D eigenvalue weighted by Crippen LogP contribution is -2.31. The molecule has 1 heterocycles. The van der Waals surface area contributed by atoms with Crippen molar-refractivity contribution >= 4 is 39.7 Å². The number of amides is 2. The van der Waals surface area contributed by atoms with Crippen LogP contribution in [0.4, 0.5) is 5.95 Å². The molecular formula is C38H51N5O13S. The smallest absolute Gasteiger partial charge is 0.329 e. The average molecular weight is 818 g/mol. The maximum absolute atomic E-state index is 12.9. The van der Waals surface area contributed by atoms with Crippen LogP contribution in [0.15, 0.2) is 65.8 Å². The number of carboxylic acids is 2. The summed E-state index contributed by atoms with van der Waals surface area (Å²) in [7, 11) is -4.02. The molecule has 0 aliphatic rings. The Labute approximate surface area is 331 Å². The summed E-state index contributed by atoms with van der Waals surface area (Å²) >= 11 is 0. The molecule has 0 unspecified atom stereocenters. The standard InChI is InChI=1S/C38H51N5O13S/c44-34(39-16-18-52-21-23-55-28-36(47)48)27-54-22-20-53-19-17-40-37(49)31-24-41-38(42-25-31)43-57(50,51)33-14-12-32(13-15-33)56-26-30-10-8-29(9-11-30)6-4-2-1-3-5-7-35(45)46/h8-15,24-25H,1-7,16-23,26-28H2,(H,39,44)(H,40,49)(H,45,46)(H,47,48)(H,41,42,43). The van der Waals surface area contributed by atoms with Gasteiger partial charge in [-0.25, -0.2) is 27.9 Å². The van der Waals surface area contributed by atoms with Crippen LogP contribution in [0, 0.1) is 0 Å². The number of hydrogen-bond donors (Lipinski definition) is 5. The van der Waals surface area contributed by atoms with E-state index >= 15 is 0 Å². The number of sulfonamides is 1. The van der Waals surface area contributed by atoms with Crippen molar-refractivity contribution in [2.45, 2.75) is 56.4 Å². The van der Waals surface area contributed by atoms with Gasteiger partial charge in [-0.2, -0.15) is 0 Å². The Morgan fingerprint density at radius 1 is 0.632 bits per heavy atom. The lowest BCUT2D eigenvalue weighted by atomic mass is 10.0. The average Bonchev–Trinajstić information content (AvgIpc) is 3.19. The maximum Gasteiger partial charge on any atom is 0.329 e. The molecule has 3 rings (SSSR count). The molecule has 2 amide bonds. The first kappa shape index (κ1) is 46.2. The van der Waals surface area contributed by atoms with Gasteiger partial charge in [-0.05, 0) is 54.7 Å². The number of aryl methyl sites for hydroxylation is 1. The van der Waals surface area contributed by atoms with E-state index in [4.69, 9.17) is 33.9 Å². The fraction of sp³-hybridized carbons (Fsp3) is 0.474. The molecule has 3 aromatic rings. The predicted octanol–water partition coefficient (Wildman–Crippen LogP) is 2.82. The SMILES string of the molecule is O=C(O)CCCCCCCc1ccc(COc2ccc(S(=O)(=O)Nc3ncc(C(=O)NCCOCCOCC(=O)NCCOCCOCC(=O)O)cn3)cc2)cc1. The highest BCUT2D eigenvalue weighted by atomic mass is 32.2. The van der Waals surface area contributed by atoms with Crippen molar-refractivity contribution in [3.63, 3.8) is 0 Å². The van der Waals surface area contributed by atoms with Gasteiger partial charge in [-0.3, -0.25) is 14.4 Å². The van der Waals surface area contributed by atoms with Crippen LogP contribution in [0.5, 0.6) is 5.75 Å². The summed E-state index contributed by atoms with van der Waals surface area (Å²) < 4.78 is 54.6. The Hall–Kier alpha value is -5.21. The van der Waals surface area contributed by atoms with Crippen LogP contribution in [0.3, 0.4) is 0 Å². The summed E-state index contributed by atoms with van der Waals surface area (Å²) in [6.07, 6.45) is 8.36. The quantitative estimate of drug-likeness (QED) is 0.0586. The van der Waals surface area contributed by atoms with E-state index in [1.807, 2.05) is 12.1 Å². The second-order valence-electron chi connectivity index (χ2n) is 12.5. The van der Waals surface area contributed by atoms with Crippen LogP contribution in [0.2, 0.25) is 0 Å². The Bertz CT molecular complexity index is 1760. The van der Waals surface area contributed by atoms with E-state index in [-0.39, 0.29) is 88.1 Å². The number of carbonyl (C=O) groups is 4. The topological polar surface area (TPSA) is 251 Å². The minimum absolute atomic E-state index is 0.0266. The number of benzene rings is 2. The summed E-state index contributed by atoms with van der Waals surface area (Å²) in [4.78, 5) is 53.0. The van der Waals surface area contributed by atoms with Crippen molar-refractivity contribution in [1.82, 2.24) is 20.6 Å². The number of nitrogens with one attached hydrogen (secondary N) is 3. The predicted molar refractivity (Wildman–Crippen MR) is 205 cm³/mol. The van der Waals surface area contributed by atoms with Gasteiger partial charge in [-0.15, -0.1) is 0 Å². The molecule has 18 nitrogen and oxygen atoms in total. The van der Waals surface area contributed by atoms with Gasteiger partial charge in [0.1, 0.15) is 25.6 Å². The molecule has 312 valence electrons. The van der Waals surface area contributed by atoms with Crippen molar-refractivity contribution in [2.75, 3.05) is 70.7 Å². The number of rotatable bonds is 31. The number of ether oxygens (including phenoxy) is 5. The van der Waals surface area contributed by atoms with Crippen LogP contribution in [0.25, 0.3) is 0 Å². The minimum atomic E-state index is -4.02. The van der Waals surface area contributed by atoms with Gasteiger partial charge in [0.2, 0.25) is 11.9 Å². The number of carboxylic acid groups (broad SMARTS) is 2. The highest BCUT2D eigenvalue weighted by Crippen LogP contribution is 2.20. The van der Waals surface area contributed by atoms with E-state index < -0.39 is 34.5 Å². The number of hydrogen-bond acceptors (Lipinski definition) is 13. The molecule has 1 aromatic heterocycles. The number of nitrogens with zero attached hydrogens (tertiary/aromatic N) is 2. The van der Waals surface area contributed by atoms with Crippen LogP contribution < -0.4 is 20.1 Å². The van der Waals surface area contributed by atoms with Crippen LogP contribution in [-0.4, -0.2) is 118 Å². The highest BCUT2D eigenvalue weighted by molar-refractivity contribution is 7.92. The largest absolute Gasteiger partial charge is 0.489 e. The van der Waals surface area contributed by atoms with Gasteiger partial charge < -0.3 is 44.5 Å². The number of carbonyl (C=O) groups excluding carboxylic acids is 2. The fourth-order valence-corrected chi connectivity index (χ4v) is 5.87.